The molecule has 0 saturated carbocycles. The average Bonchev–Trinajstić information content (AvgIpc) is 2.88. The molecule has 0 aliphatic carbocycles. The van der Waals surface area contributed by atoms with Crippen molar-refractivity contribution < 1.29 is 65.0 Å². The number of hydrogen-bond donors (Lipinski definition) is 9. The Hall–Kier alpha value is -4.69. The smallest absolute Gasteiger partial charge is 0.346 e. The molecule has 0 amide bonds. The highest BCUT2D eigenvalue weighted by molar-refractivity contribution is 5.95. The van der Waals surface area contributed by atoms with Gasteiger partial charge in [0.1, 0.15) is 52.6 Å². The SMILES string of the molecule is O=C(OC1C(Oc2c(O)cc(O)cc2C=Cc2ccc(O)cc2)OC(CO)C(O)C1O)c1c(O)cc(O)cc1O. The van der Waals surface area contributed by atoms with Crippen LogP contribution in [0.1, 0.15) is 21.5 Å². The largest absolute Gasteiger partial charge is 0.508 e. The number of phenolic OH excluding ortho intramolecular Hbond substituents is 6. The van der Waals surface area contributed by atoms with E-state index in [-0.39, 0.29) is 22.8 Å². The Bertz CT molecular complexity index is 1380. The summed E-state index contributed by atoms with van der Waals surface area (Å²) in [6, 6.07) is 9.74. The second-order valence-electron chi connectivity index (χ2n) is 8.86. The summed E-state index contributed by atoms with van der Waals surface area (Å²) in [5, 5.41) is 90.3. The standard InChI is InChI=1S/C27H26O13/c28-11-20-22(35)23(36)25(39-26(37)21-17(32)8-16(31)9-18(21)33)27(38-20)40-24-13(7-15(30)10-19(24)34)4-1-12-2-5-14(29)6-3-12/h1-10,20,22-23,25,27-36H,11H2. The van der Waals surface area contributed by atoms with Gasteiger partial charge in [-0.15, -0.1) is 0 Å². The van der Waals surface area contributed by atoms with Crippen LogP contribution in [0.3, 0.4) is 0 Å². The van der Waals surface area contributed by atoms with Crippen LogP contribution in [0.5, 0.6) is 40.2 Å². The van der Waals surface area contributed by atoms with E-state index in [0.717, 1.165) is 18.2 Å². The minimum Gasteiger partial charge on any atom is -0.508 e. The van der Waals surface area contributed by atoms with Crippen LogP contribution in [0.2, 0.25) is 0 Å². The molecule has 1 fully saturated rings. The monoisotopic (exact) mass is 558 g/mol. The van der Waals surface area contributed by atoms with Crippen molar-refractivity contribution in [2.24, 2.45) is 0 Å². The van der Waals surface area contributed by atoms with Gasteiger partial charge in [0.05, 0.1) is 6.61 Å². The molecule has 3 aromatic carbocycles. The van der Waals surface area contributed by atoms with Crippen molar-refractivity contribution in [1.29, 1.82) is 0 Å². The van der Waals surface area contributed by atoms with Crippen LogP contribution in [0.25, 0.3) is 12.2 Å². The molecule has 1 aliphatic heterocycles. The molecule has 5 unspecified atom stereocenters. The second kappa shape index (κ2) is 11.6. The normalized spacial score (nSPS) is 22.7. The number of aliphatic hydroxyl groups is 3. The van der Waals surface area contributed by atoms with Crippen molar-refractivity contribution in [1.82, 2.24) is 0 Å². The number of aliphatic hydroxyl groups excluding tert-OH is 3. The minimum absolute atomic E-state index is 0.0410. The maximum absolute atomic E-state index is 12.8. The van der Waals surface area contributed by atoms with Crippen molar-refractivity contribution in [3.63, 3.8) is 0 Å². The number of ether oxygens (including phenoxy) is 3. The van der Waals surface area contributed by atoms with E-state index in [1.807, 2.05) is 0 Å². The number of carbonyl (C=O) groups excluding carboxylic acids is 1. The van der Waals surface area contributed by atoms with E-state index in [1.165, 1.54) is 24.3 Å². The van der Waals surface area contributed by atoms with Gasteiger partial charge in [0.2, 0.25) is 6.29 Å². The molecule has 212 valence electrons. The number of esters is 1. The van der Waals surface area contributed by atoms with Gasteiger partial charge in [-0.2, -0.15) is 0 Å². The number of carbonyl (C=O) groups is 1. The highest BCUT2D eigenvalue weighted by Gasteiger charge is 2.48. The summed E-state index contributed by atoms with van der Waals surface area (Å²) in [5.74, 6) is -4.85. The zero-order valence-corrected chi connectivity index (χ0v) is 20.5. The molecule has 1 aliphatic rings. The first-order valence-corrected chi connectivity index (χ1v) is 11.8. The highest BCUT2D eigenvalue weighted by atomic mass is 16.7. The zero-order chi connectivity index (χ0) is 29.1. The van der Waals surface area contributed by atoms with Gasteiger partial charge in [0.25, 0.3) is 0 Å². The molecule has 1 saturated heterocycles. The first kappa shape index (κ1) is 28.3. The number of phenols is 6. The topological polar surface area (TPSA) is 227 Å². The number of hydrogen-bond acceptors (Lipinski definition) is 13. The zero-order valence-electron chi connectivity index (χ0n) is 20.5. The molecule has 0 radical (unpaired) electrons. The molecular weight excluding hydrogens is 532 g/mol. The Morgan fingerprint density at radius 3 is 2.02 bits per heavy atom. The summed E-state index contributed by atoms with van der Waals surface area (Å²) in [6.07, 6.45) is -5.74. The van der Waals surface area contributed by atoms with Crippen molar-refractivity contribution in [2.45, 2.75) is 30.7 Å². The van der Waals surface area contributed by atoms with Gasteiger partial charge in [-0.1, -0.05) is 24.3 Å². The van der Waals surface area contributed by atoms with Gasteiger partial charge in [-0.3, -0.25) is 0 Å². The van der Waals surface area contributed by atoms with Crippen LogP contribution in [-0.4, -0.2) is 89.2 Å². The van der Waals surface area contributed by atoms with E-state index in [9.17, 15) is 50.8 Å². The van der Waals surface area contributed by atoms with E-state index < -0.39 is 71.8 Å². The summed E-state index contributed by atoms with van der Waals surface area (Å²) < 4.78 is 16.5. The van der Waals surface area contributed by atoms with Crippen LogP contribution in [0.15, 0.2) is 48.5 Å². The predicted molar refractivity (Wildman–Crippen MR) is 136 cm³/mol. The summed E-state index contributed by atoms with van der Waals surface area (Å²) in [4.78, 5) is 12.8. The summed E-state index contributed by atoms with van der Waals surface area (Å²) in [7, 11) is 0. The number of aromatic hydroxyl groups is 6. The fraction of sp³-hybridized carbons (Fsp3) is 0.222. The van der Waals surface area contributed by atoms with Gasteiger partial charge in [0, 0.05) is 23.8 Å². The number of rotatable bonds is 7. The Labute approximate surface area is 226 Å². The van der Waals surface area contributed by atoms with Crippen molar-refractivity contribution >= 4 is 18.1 Å². The lowest BCUT2D eigenvalue weighted by Gasteiger charge is -2.41. The van der Waals surface area contributed by atoms with E-state index in [4.69, 9.17) is 14.2 Å². The predicted octanol–water partition coefficient (Wildman–Crippen LogP) is 1.13. The Kier molecular flexibility index (Phi) is 8.21. The number of benzene rings is 3. The molecule has 9 N–H and O–H groups in total. The molecule has 0 spiro atoms. The average molecular weight is 558 g/mol. The quantitative estimate of drug-likeness (QED) is 0.147. The van der Waals surface area contributed by atoms with Crippen LogP contribution >= 0.6 is 0 Å². The Morgan fingerprint density at radius 2 is 1.40 bits per heavy atom. The molecule has 5 atom stereocenters. The molecule has 0 bridgehead atoms. The summed E-state index contributed by atoms with van der Waals surface area (Å²) >= 11 is 0. The Morgan fingerprint density at radius 1 is 0.800 bits per heavy atom. The molecule has 1 heterocycles. The van der Waals surface area contributed by atoms with Gasteiger partial charge >= 0.3 is 5.97 Å². The molecule has 40 heavy (non-hydrogen) atoms. The van der Waals surface area contributed by atoms with E-state index in [2.05, 4.69) is 0 Å². The first-order chi connectivity index (χ1) is 19.0. The van der Waals surface area contributed by atoms with Gasteiger partial charge in [-0.05, 0) is 23.8 Å². The lowest BCUT2D eigenvalue weighted by Crippen LogP contribution is -2.61. The van der Waals surface area contributed by atoms with Crippen molar-refractivity contribution in [3.8, 4) is 40.2 Å². The molecular formula is C27H26O13. The summed E-state index contributed by atoms with van der Waals surface area (Å²) in [6.45, 7) is -0.784. The summed E-state index contributed by atoms with van der Waals surface area (Å²) in [5.41, 5.74) is -0.0542. The highest BCUT2D eigenvalue weighted by Crippen LogP contribution is 2.39. The molecule has 3 aromatic rings. The van der Waals surface area contributed by atoms with Crippen LogP contribution in [0.4, 0.5) is 0 Å². The maximum Gasteiger partial charge on any atom is 0.346 e. The fourth-order valence-electron chi connectivity index (χ4n) is 4.03. The molecule has 4 rings (SSSR count). The molecule has 13 nitrogen and oxygen atoms in total. The molecule has 0 aromatic heterocycles. The third-order valence-corrected chi connectivity index (χ3v) is 6.02. The van der Waals surface area contributed by atoms with Crippen LogP contribution < -0.4 is 4.74 Å². The Balaban J connectivity index is 1.68. The lowest BCUT2D eigenvalue weighted by atomic mass is 9.99. The van der Waals surface area contributed by atoms with E-state index in [1.54, 1.807) is 18.2 Å². The van der Waals surface area contributed by atoms with E-state index >= 15 is 0 Å². The third-order valence-electron chi connectivity index (χ3n) is 6.02. The third kappa shape index (κ3) is 5.97. The lowest BCUT2D eigenvalue weighted by molar-refractivity contribution is -0.277. The van der Waals surface area contributed by atoms with Gasteiger partial charge in [0.15, 0.2) is 17.6 Å². The maximum atomic E-state index is 12.8. The van der Waals surface area contributed by atoms with Crippen molar-refractivity contribution in [3.05, 3.63) is 65.2 Å². The fourth-order valence-corrected chi connectivity index (χ4v) is 4.03. The van der Waals surface area contributed by atoms with Crippen molar-refractivity contribution in [2.75, 3.05) is 6.61 Å². The second-order valence-corrected chi connectivity index (χ2v) is 8.86. The molecule has 13 heteroatoms. The van der Waals surface area contributed by atoms with Crippen LogP contribution in [-0.2, 0) is 9.47 Å². The minimum atomic E-state index is -1.92. The first-order valence-electron chi connectivity index (χ1n) is 11.8. The van der Waals surface area contributed by atoms with Gasteiger partial charge < -0.3 is 60.2 Å². The van der Waals surface area contributed by atoms with E-state index in [0.29, 0.717) is 5.56 Å². The van der Waals surface area contributed by atoms with Crippen LogP contribution in [0, 0.1) is 0 Å². The van der Waals surface area contributed by atoms with Gasteiger partial charge in [-0.25, -0.2) is 4.79 Å².